The molecule has 4 N–H and O–H groups in total. The molecule has 112 valence electrons. The first-order chi connectivity index (χ1) is 9.01. The van der Waals surface area contributed by atoms with Crippen molar-refractivity contribution >= 4 is 41.5 Å². The maximum Gasteiger partial charge on any atom is 0.241 e. The van der Waals surface area contributed by atoms with Gasteiger partial charge in [-0.1, -0.05) is 0 Å². The molecule has 1 amide bonds. The van der Waals surface area contributed by atoms with E-state index in [1.165, 1.54) is 0 Å². The van der Waals surface area contributed by atoms with Crippen molar-refractivity contribution in [2.75, 3.05) is 18.9 Å². The van der Waals surface area contributed by atoms with Crippen LogP contribution in [0.2, 0.25) is 0 Å². The third kappa shape index (κ3) is 7.17. The summed E-state index contributed by atoms with van der Waals surface area (Å²) in [6.45, 7) is 3.94. The molecule has 0 bridgehead atoms. The SMILES string of the molecule is CNC(=O)CN=C(N)Nc1ccc(OC(C)C)cc1.I. The predicted molar refractivity (Wildman–Crippen MR) is 91.8 cm³/mol. The molecule has 0 saturated heterocycles. The number of nitrogens with one attached hydrogen (secondary N) is 2. The van der Waals surface area contributed by atoms with Crippen LogP contribution in [-0.2, 0) is 4.79 Å². The lowest BCUT2D eigenvalue weighted by Crippen LogP contribution is -2.27. The number of likely N-dealkylation sites (N-methyl/N-ethyl adjacent to an activating group) is 1. The molecular formula is C13H21IN4O2. The number of hydrogen-bond acceptors (Lipinski definition) is 3. The summed E-state index contributed by atoms with van der Waals surface area (Å²) in [7, 11) is 1.55. The second-order valence-corrected chi connectivity index (χ2v) is 4.19. The Morgan fingerprint density at radius 3 is 2.45 bits per heavy atom. The van der Waals surface area contributed by atoms with Gasteiger partial charge in [0.25, 0.3) is 0 Å². The number of carbonyl (C=O) groups is 1. The van der Waals surface area contributed by atoms with Gasteiger partial charge in [0.05, 0.1) is 6.10 Å². The monoisotopic (exact) mass is 392 g/mol. The van der Waals surface area contributed by atoms with E-state index in [9.17, 15) is 4.79 Å². The minimum atomic E-state index is -0.189. The Hall–Kier alpha value is -1.51. The molecule has 0 aliphatic rings. The smallest absolute Gasteiger partial charge is 0.241 e. The van der Waals surface area contributed by atoms with Crippen LogP contribution in [0.5, 0.6) is 5.75 Å². The Bertz CT molecular complexity index is 446. The molecule has 0 atom stereocenters. The van der Waals surface area contributed by atoms with Gasteiger partial charge < -0.3 is 21.1 Å². The molecule has 20 heavy (non-hydrogen) atoms. The molecule has 0 unspecified atom stereocenters. The van der Waals surface area contributed by atoms with Crippen LogP contribution in [0.25, 0.3) is 0 Å². The minimum absolute atomic E-state index is 0. The number of nitrogens with two attached hydrogens (primary N) is 1. The highest BCUT2D eigenvalue weighted by Gasteiger charge is 2.00. The summed E-state index contributed by atoms with van der Waals surface area (Å²) in [4.78, 5) is 14.9. The number of aliphatic imine (C=N–C) groups is 1. The van der Waals surface area contributed by atoms with Crippen LogP contribution >= 0.6 is 24.0 Å². The fourth-order valence-electron chi connectivity index (χ4n) is 1.31. The van der Waals surface area contributed by atoms with Crippen molar-refractivity contribution < 1.29 is 9.53 Å². The fraction of sp³-hybridized carbons (Fsp3) is 0.385. The zero-order chi connectivity index (χ0) is 14.3. The Labute approximate surface area is 136 Å². The number of carbonyl (C=O) groups excluding carboxylic acids is 1. The first-order valence-corrected chi connectivity index (χ1v) is 6.05. The van der Waals surface area contributed by atoms with Gasteiger partial charge in [-0.25, -0.2) is 4.99 Å². The largest absolute Gasteiger partial charge is 0.491 e. The molecule has 0 aromatic heterocycles. The number of rotatable bonds is 5. The van der Waals surface area contributed by atoms with Crippen molar-refractivity contribution in [2.45, 2.75) is 20.0 Å². The maximum atomic E-state index is 11.0. The van der Waals surface area contributed by atoms with Crippen LogP contribution < -0.4 is 21.1 Å². The number of guanidine groups is 1. The van der Waals surface area contributed by atoms with Crippen molar-refractivity contribution in [1.82, 2.24) is 5.32 Å². The van der Waals surface area contributed by atoms with E-state index >= 15 is 0 Å². The topological polar surface area (TPSA) is 88.7 Å². The normalized spacial score (nSPS) is 10.7. The minimum Gasteiger partial charge on any atom is -0.491 e. The molecule has 0 heterocycles. The van der Waals surface area contributed by atoms with Crippen molar-refractivity contribution in [3.63, 3.8) is 0 Å². The summed E-state index contributed by atoms with van der Waals surface area (Å²) in [5.41, 5.74) is 6.44. The van der Waals surface area contributed by atoms with E-state index < -0.39 is 0 Å². The number of nitrogens with zero attached hydrogens (tertiary/aromatic N) is 1. The number of amides is 1. The van der Waals surface area contributed by atoms with Gasteiger partial charge in [-0.2, -0.15) is 0 Å². The number of hydrogen-bond donors (Lipinski definition) is 3. The number of anilines is 1. The van der Waals surface area contributed by atoms with Crippen LogP contribution in [-0.4, -0.2) is 31.6 Å². The molecule has 0 aliphatic carbocycles. The Morgan fingerprint density at radius 1 is 1.35 bits per heavy atom. The molecule has 0 spiro atoms. The number of halogens is 1. The highest BCUT2D eigenvalue weighted by molar-refractivity contribution is 14.0. The zero-order valence-corrected chi connectivity index (χ0v) is 14.2. The number of ether oxygens (including phenoxy) is 1. The summed E-state index contributed by atoms with van der Waals surface area (Å²) in [6, 6.07) is 7.35. The average molecular weight is 392 g/mol. The average Bonchev–Trinajstić information content (AvgIpc) is 2.37. The van der Waals surface area contributed by atoms with Crippen molar-refractivity contribution in [3.05, 3.63) is 24.3 Å². The Balaban J connectivity index is 0.00000361. The predicted octanol–water partition coefficient (Wildman–Crippen LogP) is 1.56. The zero-order valence-electron chi connectivity index (χ0n) is 11.8. The first kappa shape index (κ1) is 18.5. The van der Waals surface area contributed by atoms with E-state index in [4.69, 9.17) is 10.5 Å². The lowest BCUT2D eigenvalue weighted by Gasteiger charge is -2.10. The van der Waals surface area contributed by atoms with Gasteiger partial charge in [-0.15, -0.1) is 24.0 Å². The van der Waals surface area contributed by atoms with Gasteiger partial charge in [0, 0.05) is 12.7 Å². The molecule has 1 aromatic carbocycles. The van der Waals surface area contributed by atoms with Crippen LogP contribution in [0, 0.1) is 0 Å². The molecule has 6 nitrogen and oxygen atoms in total. The van der Waals surface area contributed by atoms with Gasteiger partial charge in [-0.05, 0) is 38.1 Å². The molecule has 1 aromatic rings. The Kier molecular flexibility index (Phi) is 8.69. The van der Waals surface area contributed by atoms with Crippen LogP contribution in [0.1, 0.15) is 13.8 Å². The molecular weight excluding hydrogens is 371 g/mol. The van der Waals surface area contributed by atoms with E-state index in [1.807, 2.05) is 38.1 Å². The third-order valence-electron chi connectivity index (χ3n) is 2.17. The Morgan fingerprint density at radius 2 is 1.95 bits per heavy atom. The molecule has 0 aliphatic heterocycles. The summed E-state index contributed by atoms with van der Waals surface area (Å²) < 4.78 is 5.53. The highest BCUT2D eigenvalue weighted by Crippen LogP contribution is 2.16. The van der Waals surface area contributed by atoms with E-state index in [1.54, 1.807) is 7.05 Å². The summed E-state index contributed by atoms with van der Waals surface area (Å²) in [6.07, 6.45) is 0.137. The van der Waals surface area contributed by atoms with E-state index in [2.05, 4.69) is 15.6 Å². The van der Waals surface area contributed by atoms with E-state index in [0.29, 0.717) is 0 Å². The molecule has 1 rings (SSSR count). The molecule has 0 radical (unpaired) electrons. The van der Waals surface area contributed by atoms with Gasteiger partial charge in [0.15, 0.2) is 5.96 Å². The van der Waals surface area contributed by atoms with Crippen molar-refractivity contribution in [3.8, 4) is 5.75 Å². The second-order valence-electron chi connectivity index (χ2n) is 4.19. The molecule has 7 heteroatoms. The van der Waals surface area contributed by atoms with Gasteiger partial charge >= 0.3 is 0 Å². The lowest BCUT2D eigenvalue weighted by molar-refractivity contribution is -0.119. The number of benzene rings is 1. The quantitative estimate of drug-likeness (QED) is 0.403. The molecule has 0 fully saturated rings. The van der Waals surface area contributed by atoms with Gasteiger partial charge in [-0.3, -0.25) is 4.79 Å². The van der Waals surface area contributed by atoms with Gasteiger partial charge in [0.2, 0.25) is 5.91 Å². The van der Waals surface area contributed by atoms with Crippen LogP contribution in [0.4, 0.5) is 5.69 Å². The third-order valence-corrected chi connectivity index (χ3v) is 2.17. The standard InChI is InChI=1S/C13H20N4O2.HI/c1-9(2)19-11-6-4-10(5-7-11)17-13(14)16-8-12(18)15-3;/h4-7,9H,8H2,1-3H3,(H,15,18)(H3,14,16,17);1H. The van der Waals surface area contributed by atoms with Crippen molar-refractivity contribution in [1.29, 1.82) is 0 Å². The molecule has 0 saturated carbocycles. The van der Waals surface area contributed by atoms with E-state index in [0.717, 1.165) is 11.4 Å². The van der Waals surface area contributed by atoms with Gasteiger partial charge in [0.1, 0.15) is 12.3 Å². The summed E-state index contributed by atoms with van der Waals surface area (Å²) >= 11 is 0. The first-order valence-electron chi connectivity index (χ1n) is 6.05. The summed E-state index contributed by atoms with van der Waals surface area (Å²) in [5, 5.41) is 5.36. The van der Waals surface area contributed by atoms with E-state index in [-0.39, 0.29) is 48.5 Å². The summed E-state index contributed by atoms with van der Waals surface area (Å²) in [5.74, 6) is 0.799. The maximum absolute atomic E-state index is 11.0. The fourth-order valence-corrected chi connectivity index (χ4v) is 1.31. The van der Waals surface area contributed by atoms with Crippen LogP contribution in [0.15, 0.2) is 29.3 Å². The van der Waals surface area contributed by atoms with Crippen LogP contribution in [0.3, 0.4) is 0 Å². The lowest BCUT2D eigenvalue weighted by atomic mass is 10.3. The second kappa shape index (κ2) is 9.40. The van der Waals surface area contributed by atoms with Crippen molar-refractivity contribution in [2.24, 2.45) is 10.7 Å². The highest BCUT2D eigenvalue weighted by atomic mass is 127.